The highest BCUT2D eigenvalue weighted by atomic mass is 16.5. The van der Waals surface area contributed by atoms with Gasteiger partial charge >= 0.3 is 5.97 Å². The van der Waals surface area contributed by atoms with Crippen LogP contribution in [0.3, 0.4) is 0 Å². The number of aromatic nitrogens is 3. The number of likely N-dealkylation sites (tertiary alicyclic amines) is 1. The molecule has 4 rings (SSSR count). The first-order valence-corrected chi connectivity index (χ1v) is 10.4. The molecule has 0 saturated carbocycles. The Bertz CT molecular complexity index is 1010. The Morgan fingerprint density at radius 3 is 2.63 bits per heavy atom. The highest BCUT2D eigenvalue weighted by Crippen LogP contribution is 2.25. The van der Waals surface area contributed by atoms with Gasteiger partial charge in [0.15, 0.2) is 0 Å². The van der Waals surface area contributed by atoms with Crippen LogP contribution in [-0.4, -0.2) is 57.3 Å². The monoisotopic (exact) mass is 409 g/mol. The fraction of sp³-hybridized carbons (Fsp3) is 0.409. The zero-order chi connectivity index (χ0) is 20.9. The minimum atomic E-state index is -1.04. The van der Waals surface area contributed by atoms with Gasteiger partial charge < -0.3 is 24.6 Å². The zero-order valence-electron chi connectivity index (χ0n) is 17.2. The van der Waals surface area contributed by atoms with E-state index < -0.39 is 5.97 Å². The van der Waals surface area contributed by atoms with Gasteiger partial charge in [-0.3, -0.25) is 0 Å². The van der Waals surface area contributed by atoms with Crippen LogP contribution in [0.5, 0.6) is 5.75 Å². The molecule has 2 aromatic heterocycles. The van der Waals surface area contributed by atoms with Crippen molar-refractivity contribution in [2.24, 2.45) is 0 Å². The summed E-state index contributed by atoms with van der Waals surface area (Å²) in [6.45, 7) is 4.09. The zero-order valence-corrected chi connectivity index (χ0v) is 17.2. The van der Waals surface area contributed by atoms with Crippen molar-refractivity contribution in [1.82, 2.24) is 19.4 Å². The molecule has 2 N–H and O–H groups in total. The number of methoxy groups -OCH3 is 1. The summed E-state index contributed by atoms with van der Waals surface area (Å²) in [6.07, 6.45) is 6.36. The molecule has 0 unspecified atom stereocenters. The van der Waals surface area contributed by atoms with Gasteiger partial charge in [-0.2, -0.15) is 0 Å². The highest BCUT2D eigenvalue weighted by molar-refractivity contribution is 5.90. The van der Waals surface area contributed by atoms with Crippen LogP contribution >= 0.6 is 0 Å². The van der Waals surface area contributed by atoms with Crippen LogP contribution in [-0.2, 0) is 6.54 Å². The molecule has 0 bridgehead atoms. The summed E-state index contributed by atoms with van der Waals surface area (Å²) >= 11 is 0. The third-order valence-corrected chi connectivity index (χ3v) is 5.50. The maximum atomic E-state index is 11.4. The van der Waals surface area contributed by atoms with Crippen LogP contribution in [0.25, 0.3) is 11.0 Å². The van der Waals surface area contributed by atoms with Gasteiger partial charge in [0.2, 0.25) is 5.95 Å². The molecule has 0 amide bonds. The Kier molecular flexibility index (Phi) is 6.13. The van der Waals surface area contributed by atoms with E-state index in [0.29, 0.717) is 11.5 Å². The lowest BCUT2D eigenvalue weighted by molar-refractivity contribution is 0.0690. The van der Waals surface area contributed by atoms with Gasteiger partial charge in [-0.15, -0.1) is 0 Å². The van der Waals surface area contributed by atoms with E-state index >= 15 is 0 Å². The van der Waals surface area contributed by atoms with Gasteiger partial charge in [0.05, 0.1) is 18.8 Å². The fourth-order valence-corrected chi connectivity index (χ4v) is 3.91. The van der Waals surface area contributed by atoms with Crippen LogP contribution in [0, 0.1) is 0 Å². The average Bonchev–Trinajstić information content (AvgIpc) is 3.11. The standard InChI is InChI=1S/C22H27N5O3/c1-30-17-8-6-16(7-9-17)24-22-25-19-15-23-18(21(28)29)14-20(19)27(22)13-5-12-26-10-3-2-4-11-26/h6-9,14-15H,2-5,10-13H2,1H3,(H,24,25)(H,28,29). The van der Waals surface area contributed by atoms with E-state index in [4.69, 9.17) is 4.74 Å². The summed E-state index contributed by atoms with van der Waals surface area (Å²) in [4.78, 5) is 22.6. The number of nitrogens with one attached hydrogen (secondary N) is 1. The molecule has 3 heterocycles. The number of ether oxygens (including phenoxy) is 1. The summed E-state index contributed by atoms with van der Waals surface area (Å²) in [5.74, 6) is 0.423. The number of aromatic carboxylic acids is 1. The second kappa shape index (κ2) is 9.13. The smallest absolute Gasteiger partial charge is 0.354 e. The second-order valence-corrected chi connectivity index (χ2v) is 7.56. The molecule has 0 atom stereocenters. The van der Waals surface area contributed by atoms with Crippen LogP contribution in [0.2, 0.25) is 0 Å². The average molecular weight is 409 g/mol. The van der Waals surface area contributed by atoms with Crippen molar-refractivity contribution >= 4 is 28.6 Å². The first-order valence-electron chi connectivity index (χ1n) is 10.4. The van der Waals surface area contributed by atoms with Crippen LogP contribution in [0.4, 0.5) is 11.6 Å². The molecular weight excluding hydrogens is 382 g/mol. The number of nitrogens with zero attached hydrogens (tertiary/aromatic N) is 4. The quantitative estimate of drug-likeness (QED) is 0.585. The molecule has 1 aliphatic heterocycles. The number of benzene rings is 1. The van der Waals surface area contributed by atoms with Crippen molar-refractivity contribution in [2.45, 2.75) is 32.2 Å². The van der Waals surface area contributed by atoms with Crippen LogP contribution < -0.4 is 10.1 Å². The Labute approximate surface area is 175 Å². The van der Waals surface area contributed by atoms with Crippen molar-refractivity contribution in [3.63, 3.8) is 0 Å². The Morgan fingerprint density at radius 2 is 1.93 bits per heavy atom. The maximum absolute atomic E-state index is 11.4. The SMILES string of the molecule is COc1ccc(Nc2nc3cnc(C(=O)O)cc3n2CCCN2CCCCC2)cc1. The molecule has 1 fully saturated rings. The molecular formula is C22H27N5O3. The third-order valence-electron chi connectivity index (χ3n) is 5.50. The van der Waals surface area contributed by atoms with Crippen LogP contribution in [0.15, 0.2) is 36.5 Å². The lowest BCUT2D eigenvalue weighted by Gasteiger charge is -2.26. The maximum Gasteiger partial charge on any atom is 0.354 e. The lowest BCUT2D eigenvalue weighted by atomic mass is 10.1. The lowest BCUT2D eigenvalue weighted by Crippen LogP contribution is -2.31. The van der Waals surface area contributed by atoms with Crippen molar-refractivity contribution < 1.29 is 14.6 Å². The first-order chi connectivity index (χ1) is 14.6. The number of rotatable bonds is 8. The second-order valence-electron chi connectivity index (χ2n) is 7.56. The number of imidazole rings is 1. The molecule has 158 valence electrons. The van der Waals surface area contributed by atoms with Gasteiger partial charge in [-0.25, -0.2) is 14.8 Å². The molecule has 3 aromatic rings. The predicted octanol–water partition coefficient (Wildman–Crippen LogP) is 3.76. The van der Waals surface area contributed by atoms with E-state index in [1.54, 1.807) is 13.2 Å². The summed E-state index contributed by atoms with van der Waals surface area (Å²) in [5.41, 5.74) is 2.36. The Balaban J connectivity index is 1.59. The number of carboxylic acid groups (broad SMARTS) is 1. The summed E-state index contributed by atoms with van der Waals surface area (Å²) in [6, 6.07) is 9.23. The van der Waals surface area contributed by atoms with E-state index in [9.17, 15) is 9.90 Å². The number of hydrogen-bond acceptors (Lipinski definition) is 6. The summed E-state index contributed by atoms with van der Waals surface area (Å²) < 4.78 is 7.27. The number of fused-ring (bicyclic) bond motifs is 1. The number of piperidine rings is 1. The molecule has 1 aromatic carbocycles. The number of anilines is 2. The minimum absolute atomic E-state index is 0.0238. The molecule has 8 heteroatoms. The van der Waals surface area contributed by atoms with E-state index in [-0.39, 0.29) is 5.69 Å². The number of carboxylic acids is 1. The van der Waals surface area contributed by atoms with E-state index in [1.807, 2.05) is 24.3 Å². The highest BCUT2D eigenvalue weighted by Gasteiger charge is 2.16. The Morgan fingerprint density at radius 1 is 1.17 bits per heavy atom. The van der Waals surface area contributed by atoms with E-state index in [2.05, 4.69) is 24.8 Å². The largest absolute Gasteiger partial charge is 0.497 e. The van der Waals surface area contributed by atoms with E-state index in [1.165, 1.54) is 25.5 Å². The third kappa shape index (κ3) is 4.54. The molecule has 0 spiro atoms. The number of aryl methyl sites for hydroxylation is 1. The summed E-state index contributed by atoms with van der Waals surface area (Å²) in [5, 5.41) is 12.7. The fourth-order valence-electron chi connectivity index (χ4n) is 3.91. The van der Waals surface area contributed by atoms with Gasteiger partial charge in [0.25, 0.3) is 0 Å². The van der Waals surface area contributed by atoms with Crippen molar-refractivity contribution in [3.8, 4) is 5.75 Å². The molecule has 0 radical (unpaired) electrons. The first kappa shape index (κ1) is 20.2. The number of carbonyl (C=O) groups is 1. The number of hydrogen-bond donors (Lipinski definition) is 2. The normalized spacial score (nSPS) is 14.7. The van der Waals surface area contributed by atoms with Gasteiger partial charge in [-0.1, -0.05) is 6.42 Å². The van der Waals surface area contributed by atoms with Crippen LogP contribution in [0.1, 0.15) is 36.2 Å². The van der Waals surface area contributed by atoms with Gasteiger partial charge in [-0.05, 0) is 69.2 Å². The van der Waals surface area contributed by atoms with Gasteiger partial charge in [0.1, 0.15) is 17.0 Å². The topological polar surface area (TPSA) is 92.5 Å². The van der Waals surface area contributed by atoms with Crippen molar-refractivity contribution in [1.29, 1.82) is 0 Å². The molecule has 1 saturated heterocycles. The summed E-state index contributed by atoms with van der Waals surface area (Å²) in [7, 11) is 1.64. The minimum Gasteiger partial charge on any atom is -0.497 e. The number of pyridine rings is 1. The predicted molar refractivity (Wildman–Crippen MR) is 116 cm³/mol. The van der Waals surface area contributed by atoms with Crippen molar-refractivity contribution in [2.75, 3.05) is 32.1 Å². The Hall–Kier alpha value is -3.13. The van der Waals surface area contributed by atoms with Crippen molar-refractivity contribution in [3.05, 3.63) is 42.2 Å². The molecule has 8 nitrogen and oxygen atoms in total. The molecule has 0 aliphatic carbocycles. The van der Waals surface area contributed by atoms with E-state index in [0.717, 1.165) is 49.6 Å². The molecule has 1 aliphatic rings. The molecule has 30 heavy (non-hydrogen) atoms. The van der Waals surface area contributed by atoms with Gasteiger partial charge in [0, 0.05) is 12.2 Å².